The molecule has 7 aromatic rings. The Morgan fingerprint density at radius 1 is 0.260 bits per heavy atom. The van der Waals surface area contributed by atoms with Gasteiger partial charge in [-0.25, -0.2) is 0 Å². The Labute approximate surface area is 761 Å². The smallest absolute Gasteiger partial charge is 0.223 e. The summed E-state index contributed by atoms with van der Waals surface area (Å²) in [5, 5.41) is 0. The lowest BCUT2D eigenvalue weighted by atomic mass is 9.89. The molecule has 0 N–H and O–H groups in total. The SMILES string of the molecule is CC(C)c1ccc(C2CCC(=O)N(C)C2)cn1.CC(C)c1ccc(C2CCN(CCN(C)C)C(=O)C2)cn1.CC(C)c1ccc([C@@H]2CCC(=O)N(C)C2)cn1.CC(C)c1ccc([C@@H]2CCN(C)C(=O)C2)cn1.CC(C)c1ccc([C@H]2CCC(=O)N(C)C2)cn1.CC(C)c1ccc([C@H]2CCN(C)C(=O)C2)cn1.CC(C)c1ccc([C@H]2CCN(CCN(C)C)C(=O)C2)cn1. The van der Waals surface area contributed by atoms with Crippen molar-refractivity contribution in [1.82, 2.24) is 79.0 Å². The normalized spacial score (nSPS) is 20.6. The molecule has 7 aliphatic heterocycles. The number of carbonyl (C=O) groups is 7. The van der Waals surface area contributed by atoms with Crippen LogP contribution in [-0.2, 0) is 33.6 Å². The molecule has 14 rings (SSSR count). The van der Waals surface area contributed by atoms with Gasteiger partial charge in [-0.15, -0.1) is 0 Å². The maximum absolute atomic E-state index is 12.3. The molecule has 2 unspecified atom stereocenters. The third-order valence-corrected chi connectivity index (χ3v) is 26.0. The van der Waals surface area contributed by atoms with E-state index in [-0.39, 0.29) is 41.4 Å². The van der Waals surface area contributed by atoms with Crippen LogP contribution >= 0.6 is 0 Å². The number of likely N-dealkylation sites (N-methyl/N-ethyl adjacent to an activating group) is 5. The molecular weight excluding hydrogens is 1590 g/mol. The van der Waals surface area contributed by atoms with Gasteiger partial charge in [0.2, 0.25) is 41.4 Å². The molecule has 0 bridgehead atoms. The number of nitrogens with zero attached hydrogens (tertiary/aromatic N) is 16. The highest BCUT2D eigenvalue weighted by molar-refractivity contribution is 5.80. The topological polar surface area (TPSA) is 239 Å². The minimum Gasteiger partial charge on any atom is -0.346 e. The van der Waals surface area contributed by atoms with E-state index in [1.807, 2.05) is 141 Å². The van der Waals surface area contributed by atoms with E-state index in [4.69, 9.17) is 0 Å². The third kappa shape index (κ3) is 32.2. The first-order valence-corrected chi connectivity index (χ1v) is 47.1. The molecule has 692 valence electrons. The highest BCUT2D eigenvalue weighted by Gasteiger charge is 2.33. The van der Waals surface area contributed by atoms with Gasteiger partial charge in [-0.05, 0) is 220 Å². The van der Waals surface area contributed by atoms with Crippen LogP contribution in [0.2, 0.25) is 0 Å². The van der Waals surface area contributed by atoms with Crippen LogP contribution in [0.1, 0.15) is 348 Å². The summed E-state index contributed by atoms with van der Waals surface area (Å²) in [6.07, 6.45) is 25.2. The highest BCUT2D eigenvalue weighted by atomic mass is 16.2. The number of carbonyl (C=O) groups excluding carboxylic acids is 7. The van der Waals surface area contributed by atoms with Crippen molar-refractivity contribution in [2.45, 2.75) is 270 Å². The van der Waals surface area contributed by atoms with E-state index in [9.17, 15) is 33.6 Å². The van der Waals surface area contributed by atoms with Crippen molar-refractivity contribution in [2.75, 3.05) is 135 Å². The molecule has 0 saturated carbocycles. The first kappa shape index (κ1) is 103. The molecule has 0 aromatic carbocycles. The molecule has 7 amide bonds. The summed E-state index contributed by atoms with van der Waals surface area (Å²) >= 11 is 0. The zero-order valence-corrected chi connectivity index (χ0v) is 81.4. The van der Waals surface area contributed by atoms with Crippen LogP contribution in [-0.4, -0.2) is 256 Å². The summed E-state index contributed by atoms with van der Waals surface area (Å²) in [5.41, 5.74) is 16.5. The van der Waals surface area contributed by atoms with Gasteiger partial charge >= 0.3 is 0 Å². The standard InChI is InChI=1S/2C17H27N3O.5C14H20N2O/c2*1-13(2)16-6-5-15(12-18-16)14-7-8-20(17(21)11-14)10-9-19(3)4;3*1-10(2)13-6-4-11(8-15-13)12-5-7-14(17)16(3)9-12;2*1-10(2)13-5-4-12(9-15-13)11-6-7-16(3)14(17)8-11/h2*5-6,12-14H,7-11H2,1-4H3;3*4,6,8,10,12H,5,7,9H2,1-3H3;2*4-5,9-11H,6-8H2,1-3H3/t14-;;2*12-;;2*11-/m0.10.10/s1. The van der Waals surface area contributed by atoms with Crippen molar-refractivity contribution >= 4 is 41.4 Å². The zero-order valence-electron chi connectivity index (χ0n) is 81.4. The maximum atomic E-state index is 12.3. The van der Waals surface area contributed by atoms with E-state index in [2.05, 4.69) is 227 Å². The van der Waals surface area contributed by atoms with Crippen LogP contribution in [0.3, 0.4) is 0 Å². The van der Waals surface area contributed by atoms with Crippen LogP contribution < -0.4 is 0 Å². The van der Waals surface area contributed by atoms with Gasteiger partial charge in [-0.3, -0.25) is 68.4 Å². The first-order valence-electron chi connectivity index (χ1n) is 47.1. The van der Waals surface area contributed by atoms with Gasteiger partial charge in [0.05, 0.1) is 0 Å². The molecule has 23 heteroatoms. The minimum absolute atomic E-state index is 0.245. The molecule has 0 radical (unpaired) electrons. The van der Waals surface area contributed by atoms with E-state index in [1.54, 1.807) is 0 Å². The van der Waals surface area contributed by atoms with Crippen molar-refractivity contribution in [3.8, 4) is 0 Å². The lowest BCUT2D eigenvalue weighted by molar-refractivity contribution is -0.134. The van der Waals surface area contributed by atoms with Gasteiger partial charge < -0.3 is 44.1 Å². The van der Waals surface area contributed by atoms with E-state index in [0.717, 1.165) is 157 Å². The summed E-state index contributed by atoms with van der Waals surface area (Å²) in [7, 11) is 17.5. The van der Waals surface area contributed by atoms with Crippen LogP contribution in [0.15, 0.2) is 128 Å². The van der Waals surface area contributed by atoms with Gasteiger partial charge in [0.25, 0.3) is 0 Å². The molecule has 0 spiro atoms. The van der Waals surface area contributed by atoms with Crippen LogP contribution in [0.25, 0.3) is 0 Å². The number of aromatic nitrogens is 7. The van der Waals surface area contributed by atoms with Gasteiger partial charge in [0.1, 0.15) is 0 Å². The second-order valence-corrected chi connectivity index (χ2v) is 39.0. The lowest BCUT2D eigenvalue weighted by Gasteiger charge is -2.32. The second-order valence-electron chi connectivity index (χ2n) is 39.0. The monoisotopic (exact) mass is 1740 g/mol. The van der Waals surface area contributed by atoms with Gasteiger partial charge in [-0.2, -0.15) is 0 Å². The Bertz CT molecular complexity index is 4180. The maximum Gasteiger partial charge on any atom is 0.223 e. The number of amides is 7. The molecule has 23 nitrogen and oxygen atoms in total. The summed E-state index contributed by atoms with van der Waals surface area (Å²) in [6, 6.07) is 29.7. The Kier molecular flexibility index (Phi) is 40.6. The van der Waals surface area contributed by atoms with Gasteiger partial charge in [-0.1, -0.05) is 139 Å². The number of pyridine rings is 7. The quantitative estimate of drug-likeness (QED) is 0.0689. The second kappa shape index (κ2) is 50.3. The van der Waals surface area contributed by atoms with Crippen LogP contribution in [0.4, 0.5) is 0 Å². The third-order valence-electron chi connectivity index (χ3n) is 26.0. The van der Waals surface area contributed by atoms with E-state index >= 15 is 0 Å². The summed E-state index contributed by atoms with van der Waals surface area (Å²) in [4.78, 5) is 131. The van der Waals surface area contributed by atoms with Crippen LogP contribution in [0.5, 0.6) is 0 Å². The number of likely N-dealkylation sites (tertiary alicyclic amines) is 7. The average Bonchev–Trinajstić information content (AvgIpc) is 0.837. The number of hydrogen-bond donors (Lipinski definition) is 0. The van der Waals surface area contributed by atoms with E-state index in [1.165, 1.54) is 38.9 Å². The molecule has 7 aliphatic rings. The Morgan fingerprint density at radius 2 is 0.457 bits per heavy atom. The number of rotatable bonds is 20. The van der Waals surface area contributed by atoms with Crippen molar-refractivity contribution in [2.24, 2.45) is 0 Å². The van der Waals surface area contributed by atoms with Crippen LogP contribution in [0, 0.1) is 0 Å². The van der Waals surface area contributed by atoms with Gasteiger partial charge in [0, 0.05) is 253 Å². The zero-order chi connectivity index (χ0) is 92.9. The van der Waals surface area contributed by atoms with Crippen molar-refractivity contribution in [1.29, 1.82) is 0 Å². The molecule has 7 atom stereocenters. The van der Waals surface area contributed by atoms with E-state index in [0.29, 0.717) is 128 Å². The number of hydrogen-bond acceptors (Lipinski definition) is 16. The highest BCUT2D eigenvalue weighted by Crippen LogP contribution is 2.36. The molecular formula is C104H154N16O7. The minimum atomic E-state index is 0.245. The average molecular weight is 1740 g/mol. The van der Waals surface area contributed by atoms with Crippen molar-refractivity contribution in [3.05, 3.63) is 207 Å². The lowest BCUT2D eigenvalue weighted by Crippen LogP contribution is -2.41. The predicted octanol–water partition coefficient (Wildman–Crippen LogP) is 17.6. The predicted molar refractivity (Wildman–Crippen MR) is 511 cm³/mol. The van der Waals surface area contributed by atoms with Crippen molar-refractivity contribution < 1.29 is 33.6 Å². The molecule has 7 fully saturated rings. The molecule has 127 heavy (non-hydrogen) atoms. The fourth-order valence-electron chi connectivity index (χ4n) is 16.7. The fourth-order valence-corrected chi connectivity index (χ4v) is 16.7. The summed E-state index contributed by atoms with van der Waals surface area (Å²) in [6.45, 7) is 39.5. The molecule has 7 aromatic heterocycles. The fraction of sp³-hybridized carbons (Fsp3) is 0.596. The largest absolute Gasteiger partial charge is 0.346 e. The molecule has 7 saturated heterocycles. The van der Waals surface area contributed by atoms with Gasteiger partial charge in [0.15, 0.2) is 0 Å². The van der Waals surface area contributed by atoms with Crippen molar-refractivity contribution in [3.63, 3.8) is 0 Å². The Morgan fingerprint density at radius 3 is 0.622 bits per heavy atom. The molecule has 0 aliphatic carbocycles. The summed E-state index contributed by atoms with van der Waals surface area (Å²) < 4.78 is 0. The number of piperidine rings is 7. The summed E-state index contributed by atoms with van der Waals surface area (Å²) in [5.74, 6) is 7.79. The van der Waals surface area contributed by atoms with E-state index < -0.39 is 0 Å². The molecule has 14 heterocycles. The Balaban J connectivity index is 0.000000184. The first-order chi connectivity index (χ1) is 60.3. The Hall–Kier alpha value is -9.74.